The number of aliphatic carboxylic acids is 1. The molecule has 3 N–H and O–H groups in total. The third-order valence-corrected chi connectivity index (χ3v) is 9.09. The Labute approximate surface area is 270 Å². The third kappa shape index (κ3) is 11.4. The second kappa shape index (κ2) is 18.5. The van der Waals surface area contributed by atoms with Crippen molar-refractivity contribution < 1.29 is 33.8 Å². The number of thiazole rings is 1. The van der Waals surface area contributed by atoms with Crippen LogP contribution in [0.1, 0.15) is 80.5 Å². The molecule has 0 saturated heterocycles. The Morgan fingerprint density at radius 1 is 1.09 bits per heavy atom. The normalized spacial score (nSPS) is 14.7. The Morgan fingerprint density at radius 3 is 2.31 bits per heavy atom. The molecule has 0 aliphatic rings. The van der Waals surface area contributed by atoms with Crippen LogP contribution in [0.5, 0.6) is 0 Å². The van der Waals surface area contributed by atoms with Gasteiger partial charge in [0.1, 0.15) is 29.0 Å². The fourth-order valence-electron chi connectivity index (χ4n) is 5.29. The average molecular weight is 645 g/mol. The molecule has 2 unspecified atom stereocenters. The van der Waals surface area contributed by atoms with Crippen molar-refractivity contribution in [3.8, 4) is 0 Å². The van der Waals surface area contributed by atoms with Gasteiger partial charge in [-0.25, -0.2) is 4.98 Å². The van der Waals surface area contributed by atoms with E-state index < -0.39 is 42.1 Å². The van der Waals surface area contributed by atoms with Crippen molar-refractivity contribution in [3.63, 3.8) is 0 Å². The monoisotopic (exact) mass is 644 g/mol. The summed E-state index contributed by atoms with van der Waals surface area (Å²) in [6, 6.07) is 7.76. The van der Waals surface area contributed by atoms with Gasteiger partial charge in [0, 0.05) is 44.3 Å². The van der Waals surface area contributed by atoms with Gasteiger partial charge >= 0.3 is 5.97 Å². The van der Waals surface area contributed by atoms with Crippen molar-refractivity contribution in [1.82, 2.24) is 20.5 Å². The van der Waals surface area contributed by atoms with Crippen LogP contribution in [0.25, 0.3) is 0 Å². The topological polar surface area (TPSA) is 155 Å². The van der Waals surface area contributed by atoms with E-state index in [9.17, 15) is 24.0 Å². The lowest BCUT2D eigenvalue weighted by molar-refractivity contribution is -0.142. The second-order valence-corrected chi connectivity index (χ2v) is 12.7. The standard InChI is InChI=1S/C33H48N4O7S/c1-8-21(4)24(15-23(38)18-34-5)33(43)37(6)27(20(2)3)16-29(44-7)32-36-26(19-45-32)31(42)35-25(28(39)17-30(40)41)14-22-12-10-9-11-13-22/h9-13,19-21,24-25,27,29,34H,8,14-18H2,1-7H3,(H,35,42)(H,40,41)/t21?,24-,25-,27+,29?/m0/s1. The van der Waals surface area contributed by atoms with Gasteiger partial charge in [-0.3, -0.25) is 24.0 Å². The molecule has 2 aromatic rings. The van der Waals surface area contributed by atoms with E-state index in [4.69, 9.17) is 9.84 Å². The molecule has 45 heavy (non-hydrogen) atoms. The molecule has 0 saturated carbocycles. The number of amides is 2. The first kappa shape index (κ1) is 37.7. The second-order valence-electron chi connectivity index (χ2n) is 11.8. The highest BCUT2D eigenvalue weighted by Gasteiger charge is 2.35. The smallest absolute Gasteiger partial charge is 0.310 e. The summed E-state index contributed by atoms with van der Waals surface area (Å²) < 4.78 is 5.80. The molecule has 0 radical (unpaired) electrons. The van der Waals surface area contributed by atoms with Gasteiger partial charge in [0.15, 0.2) is 5.78 Å². The Balaban J connectivity index is 2.23. The molecular formula is C33H48N4O7S. The van der Waals surface area contributed by atoms with Gasteiger partial charge in [-0.05, 0) is 30.9 Å². The highest BCUT2D eigenvalue weighted by molar-refractivity contribution is 7.09. The van der Waals surface area contributed by atoms with Crippen LogP contribution in [0.15, 0.2) is 35.7 Å². The maximum absolute atomic E-state index is 13.8. The number of carbonyl (C=O) groups excluding carboxylic acids is 4. The lowest BCUT2D eigenvalue weighted by atomic mass is 9.85. The van der Waals surface area contributed by atoms with Gasteiger partial charge in [-0.2, -0.15) is 0 Å². The van der Waals surface area contributed by atoms with Crippen molar-refractivity contribution in [1.29, 1.82) is 0 Å². The number of methoxy groups -OCH3 is 1. The lowest BCUT2D eigenvalue weighted by Crippen LogP contribution is -2.46. The Bertz CT molecular complexity index is 1280. The van der Waals surface area contributed by atoms with E-state index in [1.165, 1.54) is 11.3 Å². The Morgan fingerprint density at radius 2 is 1.76 bits per heavy atom. The summed E-state index contributed by atoms with van der Waals surface area (Å²) in [4.78, 5) is 69.6. The molecule has 5 atom stereocenters. The highest BCUT2D eigenvalue weighted by atomic mass is 32.1. The molecule has 248 valence electrons. The molecule has 0 bridgehead atoms. The van der Waals surface area contributed by atoms with Crippen LogP contribution in [-0.4, -0.2) is 84.2 Å². The molecule has 1 heterocycles. The van der Waals surface area contributed by atoms with Crippen molar-refractivity contribution in [2.24, 2.45) is 17.8 Å². The molecule has 1 aromatic carbocycles. The summed E-state index contributed by atoms with van der Waals surface area (Å²) in [5.41, 5.74) is 0.865. The minimum Gasteiger partial charge on any atom is -0.481 e. The van der Waals surface area contributed by atoms with E-state index in [1.54, 1.807) is 55.8 Å². The number of carboxylic acids is 1. The quantitative estimate of drug-likeness (QED) is 0.182. The van der Waals surface area contributed by atoms with Gasteiger partial charge in [0.25, 0.3) is 5.91 Å². The molecule has 0 aliphatic carbocycles. The van der Waals surface area contributed by atoms with Gasteiger partial charge in [-0.15, -0.1) is 11.3 Å². The van der Waals surface area contributed by atoms with E-state index in [2.05, 4.69) is 15.6 Å². The van der Waals surface area contributed by atoms with Crippen LogP contribution in [0.4, 0.5) is 0 Å². The maximum Gasteiger partial charge on any atom is 0.310 e. The van der Waals surface area contributed by atoms with Crippen LogP contribution in [0.3, 0.4) is 0 Å². The number of carbonyl (C=O) groups is 5. The van der Waals surface area contributed by atoms with Crippen LogP contribution in [0.2, 0.25) is 0 Å². The number of Topliss-reactive ketones (excluding diaryl/α,β-unsaturated/α-hetero) is 2. The first-order chi connectivity index (χ1) is 21.3. The number of ether oxygens (including phenoxy) is 1. The predicted octanol–water partition coefficient (Wildman–Crippen LogP) is 3.93. The number of likely N-dealkylation sites (N-methyl/N-ethyl adjacent to an activating group) is 1. The SMILES string of the molecule is CCC(C)[C@H](CC(=O)CNC)C(=O)N(C)[C@H](CC(OC)c1nc(C(=O)N[C@@H](Cc2ccccc2)C(=O)CC(=O)O)cs1)C(C)C. The fourth-order valence-corrected chi connectivity index (χ4v) is 6.18. The number of aromatic nitrogens is 1. The molecule has 1 aromatic heterocycles. The highest BCUT2D eigenvalue weighted by Crippen LogP contribution is 2.31. The number of ketones is 2. The van der Waals surface area contributed by atoms with Crippen LogP contribution in [-0.2, 0) is 30.3 Å². The zero-order valence-electron chi connectivity index (χ0n) is 27.4. The van der Waals surface area contributed by atoms with Crippen molar-refractivity contribution in [2.75, 3.05) is 27.7 Å². The van der Waals surface area contributed by atoms with Crippen LogP contribution >= 0.6 is 11.3 Å². The van der Waals surface area contributed by atoms with E-state index in [0.29, 0.717) is 11.4 Å². The van der Waals surface area contributed by atoms with Crippen LogP contribution < -0.4 is 10.6 Å². The number of benzene rings is 1. The third-order valence-electron chi connectivity index (χ3n) is 8.16. The first-order valence-electron chi connectivity index (χ1n) is 15.3. The van der Waals surface area contributed by atoms with E-state index in [0.717, 1.165) is 12.0 Å². The predicted molar refractivity (Wildman–Crippen MR) is 173 cm³/mol. The lowest BCUT2D eigenvalue weighted by Gasteiger charge is -2.36. The van der Waals surface area contributed by atoms with Crippen molar-refractivity contribution >= 4 is 40.7 Å². The van der Waals surface area contributed by atoms with E-state index in [-0.39, 0.29) is 54.6 Å². The zero-order chi connectivity index (χ0) is 33.7. The number of hydrogen-bond acceptors (Lipinski definition) is 9. The number of nitrogens with one attached hydrogen (secondary N) is 2. The van der Waals surface area contributed by atoms with E-state index >= 15 is 0 Å². The average Bonchev–Trinajstić information content (AvgIpc) is 3.49. The van der Waals surface area contributed by atoms with Crippen molar-refractivity contribution in [2.45, 2.75) is 78.0 Å². The fraction of sp³-hybridized carbons (Fsp3) is 0.576. The molecule has 2 amide bonds. The summed E-state index contributed by atoms with van der Waals surface area (Å²) in [6.07, 6.45) is 0.253. The number of hydrogen-bond donors (Lipinski definition) is 3. The Hall–Kier alpha value is -3.48. The molecule has 12 heteroatoms. The van der Waals surface area contributed by atoms with Gasteiger partial charge < -0.3 is 25.4 Å². The summed E-state index contributed by atoms with van der Waals surface area (Å²) in [5, 5.41) is 16.8. The number of rotatable bonds is 20. The molecule has 11 nitrogen and oxygen atoms in total. The largest absolute Gasteiger partial charge is 0.481 e. The Kier molecular flexibility index (Phi) is 15.5. The summed E-state index contributed by atoms with van der Waals surface area (Å²) in [5.74, 6) is -2.92. The molecule has 0 fully saturated rings. The van der Waals surface area contributed by atoms with Gasteiger partial charge in [0.05, 0.1) is 12.6 Å². The summed E-state index contributed by atoms with van der Waals surface area (Å²) in [7, 11) is 5.02. The molecule has 0 spiro atoms. The molecule has 2 rings (SSSR count). The van der Waals surface area contributed by atoms with Crippen LogP contribution in [0, 0.1) is 17.8 Å². The van der Waals surface area contributed by atoms with E-state index in [1.807, 2.05) is 33.8 Å². The number of carboxylic acid groups (broad SMARTS) is 1. The zero-order valence-corrected chi connectivity index (χ0v) is 28.2. The number of nitrogens with zero attached hydrogens (tertiary/aromatic N) is 2. The first-order valence-corrected chi connectivity index (χ1v) is 16.2. The maximum atomic E-state index is 13.8. The summed E-state index contributed by atoms with van der Waals surface area (Å²) in [6.45, 7) is 8.26. The minimum absolute atomic E-state index is 0.00956. The van der Waals surface area contributed by atoms with Gasteiger partial charge in [-0.1, -0.05) is 64.4 Å². The van der Waals surface area contributed by atoms with Crippen molar-refractivity contribution in [3.05, 3.63) is 52.0 Å². The summed E-state index contributed by atoms with van der Waals surface area (Å²) >= 11 is 1.23. The van der Waals surface area contributed by atoms with Gasteiger partial charge in [0.2, 0.25) is 5.91 Å². The minimum atomic E-state index is -1.27. The molecule has 0 aliphatic heterocycles. The molecular weight excluding hydrogens is 596 g/mol.